The van der Waals surface area contributed by atoms with Gasteiger partial charge in [0.2, 0.25) is 0 Å². The molecular weight excluding hydrogens is 475 g/mol. The first-order chi connectivity index (χ1) is 13.8. The van der Waals surface area contributed by atoms with Gasteiger partial charge in [0.05, 0.1) is 0 Å². The third kappa shape index (κ3) is 6.96. The van der Waals surface area contributed by atoms with Crippen molar-refractivity contribution in [2.75, 3.05) is 38.2 Å². The Morgan fingerprint density at radius 1 is 1.17 bits per heavy atom. The average molecular weight is 506 g/mol. The van der Waals surface area contributed by atoms with Gasteiger partial charge < -0.3 is 20.3 Å². The highest BCUT2D eigenvalue weighted by molar-refractivity contribution is 14.0. The molecule has 5 nitrogen and oxygen atoms in total. The maximum absolute atomic E-state index is 5.72. The normalized spacial score (nSPS) is 16.1. The van der Waals surface area contributed by atoms with Crippen molar-refractivity contribution in [3.8, 4) is 5.75 Å². The first-order valence-corrected chi connectivity index (χ1v) is 9.86. The largest absolute Gasteiger partial charge is 0.489 e. The Morgan fingerprint density at radius 2 is 1.93 bits per heavy atom. The van der Waals surface area contributed by atoms with Crippen LogP contribution < -0.4 is 20.3 Å². The molecule has 0 radical (unpaired) electrons. The second-order valence-corrected chi connectivity index (χ2v) is 6.95. The molecule has 1 aliphatic rings. The van der Waals surface area contributed by atoms with E-state index in [0.29, 0.717) is 19.1 Å². The molecule has 0 aromatic heterocycles. The summed E-state index contributed by atoms with van der Waals surface area (Å²) in [7, 11) is 1.81. The first kappa shape index (κ1) is 23.1. The Hall–Kier alpha value is -2.22. The molecule has 3 rings (SSSR count). The lowest BCUT2D eigenvalue weighted by Gasteiger charge is -2.19. The van der Waals surface area contributed by atoms with Crippen LogP contribution in [0, 0.1) is 5.92 Å². The molecule has 1 unspecified atom stereocenters. The molecule has 1 heterocycles. The lowest BCUT2D eigenvalue weighted by Crippen LogP contribution is -2.40. The minimum absolute atomic E-state index is 0. The van der Waals surface area contributed by atoms with Crippen LogP contribution in [0.5, 0.6) is 5.75 Å². The average Bonchev–Trinajstić information content (AvgIpc) is 3.23. The van der Waals surface area contributed by atoms with E-state index in [-0.39, 0.29) is 24.0 Å². The van der Waals surface area contributed by atoms with Crippen LogP contribution in [0.4, 0.5) is 5.69 Å². The Balaban J connectivity index is 0.00000300. The van der Waals surface area contributed by atoms with Crippen LogP contribution in [0.2, 0.25) is 0 Å². The smallest absolute Gasteiger partial charge is 0.191 e. The fraction of sp³-hybridized carbons (Fsp3) is 0.348. The van der Waals surface area contributed by atoms with Gasteiger partial charge >= 0.3 is 0 Å². The van der Waals surface area contributed by atoms with Gasteiger partial charge in [0.25, 0.3) is 0 Å². The summed E-state index contributed by atoms with van der Waals surface area (Å²) in [6.07, 6.45) is 2.95. The van der Waals surface area contributed by atoms with E-state index in [1.54, 1.807) is 13.1 Å². The maximum atomic E-state index is 5.72. The van der Waals surface area contributed by atoms with E-state index in [1.807, 2.05) is 18.2 Å². The topological polar surface area (TPSA) is 48.9 Å². The number of anilines is 1. The summed E-state index contributed by atoms with van der Waals surface area (Å²) in [5.41, 5.74) is 2.41. The van der Waals surface area contributed by atoms with E-state index in [0.717, 1.165) is 36.9 Å². The van der Waals surface area contributed by atoms with E-state index >= 15 is 0 Å². The minimum atomic E-state index is 0. The Kier molecular flexibility index (Phi) is 9.83. The molecule has 2 aromatic carbocycles. The highest BCUT2D eigenvalue weighted by Crippen LogP contribution is 2.23. The van der Waals surface area contributed by atoms with Crippen molar-refractivity contribution in [2.45, 2.75) is 13.0 Å². The molecule has 29 heavy (non-hydrogen) atoms. The van der Waals surface area contributed by atoms with Crippen LogP contribution in [0.15, 0.2) is 72.2 Å². The number of nitrogens with one attached hydrogen (secondary N) is 2. The Bertz CT molecular complexity index is 781. The number of guanidine groups is 1. The number of rotatable bonds is 8. The molecule has 1 aliphatic heterocycles. The molecule has 1 atom stereocenters. The predicted octanol–water partition coefficient (Wildman–Crippen LogP) is 4.06. The van der Waals surface area contributed by atoms with Crippen LogP contribution in [-0.4, -0.2) is 39.2 Å². The second kappa shape index (κ2) is 12.4. The standard InChI is InChI=1S/C23H30N4O.HI/c1-3-15-28-22-12-8-7-9-20(22)17-26-23(24-2)25-16-19-13-14-27(18-19)21-10-5-4-6-11-21;/h3-12,19H,1,13-18H2,2H3,(H2,24,25,26);1H. The van der Waals surface area contributed by atoms with E-state index in [9.17, 15) is 0 Å². The quantitative estimate of drug-likeness (QED) is 0.246. The van der Waals surface area contributed by atoms with E-state index in [1.165, 1.54) is 12.1 Å². The number of halogens is 1. The third-order valence-corrected chi connectivity index (χ3v) is 4.96. The van der Waals surface area contributed by atoms with Gasteiger partial charge in [-0.15, -0.1) is 24.0 Å². The zero-order valence-electron chi connectivity index (χ0n) is 17.0. The first-order valence-electron chi connectivity index (χ1n) is 9.86. The summed E-state index contributed by atoms with van der Waals surface area (Å²) in [5, 5.41) is 6.86. The maximum Gasteiger partial charge on any atom is 0.191 e. The summed E-state index contributed by atoms with van der Waals surface area (Å²) in [6.45, 7) is 7.97. The molecule has 0 aliphatic carbocycles. The van der Waals surface area contributed by atoms with Crippen LogP contribution in [0.1, 0.15) is 12.0 Å². The van der Waals surface area contributed by atoms with Gasteiger partial charge in [-0.25, -0.2) is 0 Å². The lowest BCUT2D eigenvalue weighted by molar-refractivity contribution is 0.358. The number of para-hydroxylation sites is 2. The number of hydrogen-bond acceptors (Lipinski definition) is 3. The summed E-state index contributed by atoms with van der Waals surface area (Å²) in [4.78, 5) is 6.81. The highest BCUT2D eigenvalue weighted by atomic mass is 127. The van der Waals surface area contributed by atoms with Crippen molar-refractivity contribution >= 4 is 35.6 Å². The molecule has 0 amide bonds. The fourth-order valence-corrected chi connectivity index (χ4v) is 3.45. The van der Waals surface area contributed by atoms with Gasteiger partial charge in [0.1, 0.15) is 12.4 Å². The van der Waals surface area contributed by atoms with Crippen molar-refractivity contribution in [3.05, 3.63) is 72.8 Å². The summed E-state index contributed by atoms with van der Waals surface area (Å²) in [5.74, 6) is 2.30. The number of aliphatic imine (C=N–C) groups is 1. The fourth-order valence-electron chi connectivity index (χ4n) is 3.45. The third-order valence-electron chi connectivity index (χ3n) is 4.96. The van der Waals surface area contributed by atoms with E-state index in [4.69, 9.17) is 4.74 Å². The molecule has 0 bridgehead atoms. The predicted molar refractivity (Wildman–Crippen MR) is 133 cm³/mol. The van der Waals surface area contributed by atoms with Crippen molar-refractivity contribution in [1.82, 2.24) is 10.6 Å². The van der Waals surface area contributed by atoms with Crippen molar-refractivity contribution in [1.29, 1.82) is 0 Å². The van der Waals surface area contributed by atoms with Crippen molar-refractivity contribution in [3.63, 3.8) is 0 Å². The van der Waals surface area contributed by atoms with Crippen molar-refractivity contribution < 1.29 is 4.74 Å². The lowest BCUT2D eigenvalue weighted by atomic mass is 10.1. The zero-order valence-corrected chi connectivity index (χ0v) is 19.3. The van der Waals surface area contributed by atoms with Crippen LogP contribution in [-0.2, 0) is 6.54 Å². The Labute approximate surface area is 191 Å². The van der Waals surface area contributed by atoms with Crippen LogP contribution >= 0.6 is 24.0 Å². The molecular formula is C23H31IN4O. The number of ether oxygens (including phenoxy) is 1. The molecule has 0 spiro atoms. The highest BCUT2D eigenvalue weighted by Gasteiger charge is 2.22. The van der Waals surface area contributed by atoms with Gasteiger partial charge in [-0.05, 0) is 30.5 Å². The summed E-state index contributed by atoms with van der Waals surface area (Å²) < 4.78 is 5.72. The van der Waals surface area contributed by atoms with Gasteiger partial charge in [-0.3, -0.25) is 4.99 Å². The number of benzene rings is 2. The number of nitrogens with zero attached hydrogens (tertiary/aromatic N) is 2. The number of hydrogen-bond donors (Lipinski definition) is 2. The molecule has 1 saturated heterocycles. The van der Waals surface area contributed by atoms with Gasteiger partial charge in [0, 0.05) is 44.5 Å². The molecule has 156 valence electrons. The SMILES string of the molecule is C=CCOc1ccccc1CNC(=NC)NCC1CCN(c2ccccc2)C1.I. The molecule has 2 aromatic rings. The second-order valence-electron chi connectivity index (χ2n) is 6.95. The van der Waals surface area contributed by atoms with Gasteiger partial charge in [-0.1, -0.05) is 49.1 Å². The van der Waals surface area contributed by atoms with Crippen molar-refractivity contribution in [2.24, 2.45) is 10.9 Å². The molecule has 6 heteroatoms. The van der Waals surface area contributed by atoms with E-state index < -0.39 is 0 Å². The van der Waals surface area contributed by atoms with Gasteiger partial charge in [0.15, 0.2) is 5.96 Å². The van der Waals surface area contributed by atoms with E-state index in [2.05, 4.69) is 63.5 Å². The summed E-state index contributed by atoms with van der Waals surface area (Å²) in [6, 6.07) is 18.7. The molecule has 1 fully saturated rings. The summed E-state index contributed by atoms with van der Waals surface area (Å²) >= 11 is 0. The van der Waals surface area contributed by atoms with Crippen LogP contribution in [0.3, 0.4) is 0 Å². The van der Waals surface area contributed by atoms with Gasteiger partial charge in [-0.2, -0.15) is 0 Å². The molecule has 0 saturated carbocycles. The van der Waals surface area contributed by atoms with Crippen LogP contribution in [0.25, 0.3) is 0 Å². The zero-order chi connectivity index (χ0) is 19.6. The minimum Gasteiger partial charge on any atom is -0.489 e. The Morgan fingerprint density at radius 3 is 2.69 bits per heavy atom. The molecule has 2 N–H and O–H groups in total. The monoisotopic (exact) mass is 506 g/mol.